The van der Waals surface area contributed by atoms with Crippen LogP contribution in [0.25, 0.3) is 11.1 Å². The van der Waals surface area contributed by atoms with E-state index in [2.05, 4.69) is 73.7 Å². The van der Waals surface area contributed by atoms with Gasteiger partial charge in [0.25, 0.3) is 0 Å². The third-order valence-electron chi connectivity index (χ3n) is 3.13. The molecule has 4 heteroatoms. The maximum atomic E-state index is 2.22. The summed E-state index contributed by atoms with van der Waals surface area (Å²) >= 11 is 0. The first kappa shape index (κ1) is 16.9. The molecular formula is C14H18Cl2N2. The molecule has 18 heavy (non-hydrogen) atoms. The quantitative estimate of drug-likeness (QED) is 0.468. The number of rotatable bonds is 1. The van der Waals surface area contributed by atoms with Crippen LogP contribution in [0.2, 0.25) is 0 Å². The maximum Gasteiger partial charge on any atom is 0.178 e. The largest absolute Gasteiger partial charge is 1.00 e. The second kappa shape index (κ2) is 6.72. The molecule has 2 nitrogen and oxygen atoms in total. The molecule has 2 rings (SSSR count). The summed E-state index contributed by atoms with van der Waals surface area (Å²) in [6.07, 6.45) is 4.21. The normalized spacial score (nSPS) is 9.33. The van der Waals surface area contributed by atoms with Crippen molar-refractivity contribution in [1.82, 2.24) is 0 Å². The van der Waals surface area contributed by atoms with Crippen molar-refractivity contribution in [3.63, 3.8) is 0 Å². The smallest absolute Gasteiger partial charge is 0.178 e. The molecule has 0 spiro atoms. The van der Waals surface area contributed by atoms with Crippen molar-refractivity contribution in [2.24, 2.45) is 14.1 Å². The summed E-state index contributed by atoms with van der Waals surface area (Å²) in [6, 6.07) is 8.74. The van der Waals surface area contributed by atoms with E-state index < -0.39 is 0 Å². The van der Waals surface area contributed by atoms with Crippen molar-refractivity contribution in [1.29, 1.82) is 0 Å². The van der Waals surface area contributed by atoms with Gasteiger partial charge in [0.2, 0.25) is 0 Å². The molecule has 0 unspecified atom stereocenters. The van der Waals surface area contributed by atoms with Crippen LogP contribution in [0.5, 0.6) is 0 Å². The Hall–Kier alpha value is -1.12. The molecule has 0 aliphatic heterocycles. The van der Waals surface area contributed by atoms with Gasteiger partial charge in [0.1, 0.15) is 14.1 Å². The molecule has 0 saturated heterocycles. The lowest BCUT2D eigenvalue weighted by molar-refractivity contribution is -0.678. The number of nitrogens with zero attached hydrogens (tertiary/aromatic N) is 2. The van der Waals surface area contributed by atoms with Crippen LogP contribution >= 0.6 is 0 Å². The predicted octanol–water partition coefficient (Wildman–Crippen LogP) is -4.37. The molecule has 0 aliphatic carbocycles. The summed E-state index contributed by atoms with van der Waals surface area (Å²) in [7, 11) is 4.13. The minimum absolute atomic E-state index is 0. The Morgan fingerprint density at radius 3 is 1.33 bits per heavy atom. The summed E-state index contributed by atoms with van der Waals surface area (Å²) in [5.41, 5.74) is 5.09. The monoisotopic (exact) mass is 284 g/mol. The summed E-state index contributed by atoms with van der Waals surface area (Å²) < 4.78 is 4.25. The Morgan fingerprint density at radius 2 is 1.06 bits per heavy atom. The first-order valence-corrected chi connectivity index (χ1v) is 5.51. The van der Waals surface area contributed by atoms with Crippen molar-refractivity contribution in [3.8, 4) is 11.1 Å². The Kier molecular flexibility index (Phi) is 6.30. The van der Waals surface area contributed by atoms with Crippen molar-refractivity contribution in [3.05, 3.63) is 48.0 Å². The summed E-state index contributed by atoms with van der Waals surface area (Å²) in [5, 5.41) is 0. The van der Waals surface area contributed by atoms with Gasteiger partial charge in [-0.25, -0.2) is 9.13 Å². The van der Waals surface area contributed by atoms with Crippen molar-refractivity contribution in [2.75, 3.05) is 0 Å². The Morgan fingerprint density at radius 1 is 0.722 bits per heavy atom. The van der Waals surface area contributed by atoms with Crippen LogP contribution in [0.1, 0.15) is 11.4 Å². The number of hydrogen-bond donors (Lipinski definition) is 0. The molecule has 0 saturated carbocycles. The standard InChI is InChI=1S/C14H18N2.2ClH/c1-11-9-13(5-7-15(11)3)14-6-8-16(4)12(2)10-14;;/h5-10H,1-4H3;2*1H/q+2;;/p-2. The maximum absolute atomic E-state index is 2.22. The molecule has 0 radical (unpaired) electrons. The minimum atomic E-state index is 0. The molecule has 0 amide bonds. The lowest BCUT2D eigenvalue weighted by atomic mass is 10.1. The van der Waals surface area contributed by atoms with E-state index in [0.29, 0.717) is 0 Å². The third-order valence-corrected chi connectivity index (χ3v) is 3.13. The van der Waals surface area contributed by atoms with Gasteiger partial charge in [0.15, 0.2) is 23.8 Å². The number of pyridine rings is 2. The molecule has 2 aromatic rings. The van der Waals surface area contributed by atoms with Gasteiger partial charge in [-0.05, 0) is 11.1 Å². The van der Waals surface area contributed by atoms with Gasteiger partial charge >= 0.3 is 0 Å². The molecule has 0 aromatic carbocycles. The first-order chi connectivity index (χ1) is 7.58. The van der Waals surface area contributed by atoms with Crippen LogP contribution in [-0.2, 0) is 14.1 Å². The fourth-order valence-corrected chi connectivity index (χ4v) is 1.73. The van der Waals surface area contributed by atoms with Crippen LogP contribution in [0.4, 0.5) is 0 Å². The number of hydrogen-bond acceptors (Lipinski definition) is 0. The second-order valence-electron chi connectivity index (χ2n) is 4.34. The van der Waals surface area contributed by atoms with Crippen LogP contribution in [0.3, 0.4) is 0 Å². The average molecular weight is 285 g/mol. The Bertz CT molecular complexity index is 490. The highest BCUT2D eigenvalue weighted by Gasteiger charge is 2.07. The van der Waals surface area contributed by atoms with E-state index in [4.69, 9.17) is 0 Å². The van der Waals surface area contributed by atoms with E-state index >= 15 is 0 Å². The topological polar surface area (TPSA) is 7.76 Å². The van der Waals surface area contributed by atoms with Gasteiger partial charge in [0, 0.05) is 38.1 Å². The van der Waals surface area contributed by atoms with Gasteiger partial charge in [-0.15, -0.1) is 0 Å². The van der Waals surface area contributed by atoms with E-state index in [1.165, 1.54) is 22.5 Å². The SMILES string of the molecule is Cc1cc(-c2cc[n+](C)c(C)c2)cc[n+]1C.[Cl-].[Cl-]. The van der Waals surface area contributed by atoms with E-state index in [0.717, 1.165) is 0 Å². The minimum Gasteiger partial charge on any atom is -1.00 e. The van der Waals surface area contributed by atoms with Crippen molar-refractivity contribution in [2.45, 2.75) is 13.8 Å². The lowest BCUT2D eigenvalue weighted by Crippen LogP contribution is -3.00. The van der Waals surface area contributed by atoms with Gasteiger partial charge in [-0.1, -0.05) is 0 Å². The molecule has 0 bridgehead atoms. The lowest BCUT2D eigenvalue weighted by Gasteiger charge is -2.02. The predicted molar refractivity (Wildman–Crippen MR) is 63.7 cm³/mol. The summed E-state index contributed by atoms with van der Waals surface area (Å²) in [5.74, 6) is 0. The van der Waals surface area contributed by atoms with E-state index in [9.17, 15) is 0 Å². The molecular weight excluding hydrogens is 267 g/mol. The highest BCUT2D eigenvalue weighted by Crippen LogP contribution is 2.18. The molecule has 2 heterocycles. The highest BCUT2D eigenvalue weighted by molar-refractivity contribution is 5.62. The fraction of sp³-hybridized carbons (Fsp3) is 0.286. The number of aromatic nitrogens is 2. The van der Waals surface area contributed by atoms with Gasteiger partial charge in [0.05, 0.1) is 0 Å². The van der Waals surface area contributed by atoms with Crippen molar-refractivity contribution < 1.29 is 33.9 Å². The van der Waals surface area contributed by atoms with E-state index in [1.807, 2.05) is 0 Å². The van der Waals surface area contributed by atoms with Crippen LogP contribution in [-0.4, -0.2) is 0 Å². The Labute approximate surface area is 121 Å². The van der Waals surface area contributed by atoms with Gasteiger partial charge in [-0.3, -0.25) is 0 Å². The molecule has 2 aromatic heterocycles. The molecule has 0 aliphatic rings. The highest BCUT2D eigenvalue weighted by atomic mass is 35.5. The van der Waals surface area contributed by atoms with E-state index in [-0.39, 0.29) is 24.8 Å². The molecule has 0 atom stereocenters. The molecule has 0 N–H and O–H groups in total. The zero-order valence-electron chi connectivity index (χ0n) is 11.1. The summed E-state index contributed by atoms with van der Waals surface area (Å²) in [6.45, 7) is 4.25. The third kappa shape index (κ3) is 3.44. The van der Waals surface area contributed by atoms with Crippen molar-refractivity contribution >= 4 is 0 Å². The fourth-order valence-electron chi connectivity index (χ4n) is 1.73. The zero-order chi connectivity index (χ0) is 11.7. The first-order valence-electron chi connectivity index (χ1n) is 5.51. The second-order valence-corrected chi connectivity index (χ2v) is 4.34. The van der Waals surface area contributed by atoms with Gasteiger partial charge < -0.3 is 24.8 Å². The van der Waals surface area contributed by atoms with Gasteiger partial charge in [-0.2, -0.15) is 0 Å². The van der Waals surface area contributed by atoms with Crippen LogP contribution < -0.4 is 33.9 Å². The molecule has 98 valence electrons. The Balaban J connectivity index is 0.00000144. The molecule has 0 fully saturated rings. The number of halogens is 2. The van der Waals surface area contributed by atoms with E-state index in [1.54, 1.807) is 0 Å². The summed E-state index contributed by atoms with van der Waals surface area (Å²) in [4.78, 5) is 0. The van der Waals surface area contributed by atoms with Crippen LogP contribution in [0.15, 0.2) is 36.7 Å². The zero-order valence-corrected chi connectivity index (χ0v) is 12.6. The number of aryl methyl sites for hydroxylation is 4. The average Bonchev–Trinajstić information content (AvgIpc) is 2.26. The van der Waals surface area contributed by atoms with Crippen LogP contribution in [0, 0.1) is 13.8 Å².